The number of para-hydroxylation sites is 2. The summed E-state index contributed by atoms with van der Waals surface area (Å²) in [5.74, 6) is 0.352. The molecule has 0 aromatic heterocycles. The second-order valence-corrected chi connectivity index (χ2v) is 25.1. The minimum absolute atomic E-state index is 0.0191. The van der Waals surface area contributed by atoms with Gasteiger partial charge in [0.15, 0.2) is 0 Å². The maximum Gasteiger partial charge on any atom is 0.0468 e. The Hall–Kier alpha value is -10.0. The van der Waals surface area contributed by atoms with Gasteiger partial charge in [-0.3, -0.25) is 0 Å². The van der Waals surface area contributed by atoms with Crippen molar-refractivity contribution in [1.82, 2.24) is 0 Å². The van der Waals surface area contributed by atoms with Gasteiger partial charge in [0, 0.05) is 39.5 Å². The lowest BCUT2D eigenvalue weighted by Crippen LogP contribution is -2.24. The highest BCUT2D eigenvalue weighted by atomic mass is 15.2. The van der Waals surface area contributed by atoms with Gasteiger partial charge in [0.05, 0.1) is 0 Å². The first-order valence-electron chi connectivity index (χ1n) is 30.7. The summed E-state index contributed by atoms with van der Waals surface area (Å²) >= 11 is 0. The van der Waals surface area contributed by atoms with E-state index in [1.165, 1.54) is 121 Å². The maximum atomic E-state index is 2.53. The molecule has 2 heteroatoms. The molecule has 0 amide bonds. The molecule has 16 rings (SSSR count). The lowest BCUT2D eigenvalue weighted by atomic mass is 9.71. The Morgan fingerprint density at radius 1 is 0.360 bits per heavy atom. The van der Waals surface area contributed by atoms with E-state index in [2.05, 4.69) is 323 Å². The van der Waals surface area contributed by atoms with Crippen molar-refractivity contribution in [3.63, 3.8) is 0 Å². The quantitative estimate of drug-likeness (QED) is 0.126. The lowest BCUT2D eigenvalue weighted by molar-refractivity contribution is 0.418. The molecular formula is C84H66N2. The highest BCUT2D eigenvalue weighted by Crippen LogP contribution is 2.57. The normalized spacial score (nSPS) is 16.0. The van der Waals surface area contributed by atoms with Gasteiger partial charge in [-0.25, -0.2) is 0 Å². The molecule has 1 atom stereocenters. The molecule has 0 fully saturated rings. The van der Waals surface area contributed by atoms with Crippen molar-refractivity contribution in [2.45, 2.75) is 57.8 Å². The standard InChI is InChI=1S/C84H66N2/c1-83(2)77-38-22-20-34-67(77)69-46-41-57(51-79(69)83)65-32-16-18-36-71(65)81-74-49-45-64(86(61-30-12-7-13-31-61)62-43-40-55-24-14-15-25-56(55)50-62)54-76(74)82(73-48-44-63(53-75(73)81)85(59-26-8-5-9-27-59)60-28-10-6-11-29-60)72-37-19-17-33-66(72)58-42-47-70-68-35-21-23-39-78(68)84(3,4)80(70)52-58/h5-10,12-28,30-50,52-54,79H,11,29,51H2,1-4H3. The van der Waals surface area contributed by atoms with E-state index < -0.39 is 0 Å². The second kappa shape index (κ2) is 20.4. The molecule has 4 aliphatic carbocycles. The summed E-state index contributed by atoms with van der Waals surface area (Å²) in [7, 11) is 0. The van der Waals surface area contributed by atoms with Crippen LogP contribution in [0.25, 0.3) is 88.0 Å². The van der Waals surface area contributed by atoms with Crippen molar-refractivity contribution >= 4 is 71.9 Å². The van der Waals surface area contributed by atoms with Crippen molar-refractivity contribution in [1.29, 1.82) is 0 Å². The molecule has 0 saturated heterocycles. The number of allylic oxidation sites excluding steroid dienone is 8. The van der Waals surface area contributed by atoms with Crippen LogP contribution in [0, 0.1) is 5.92 Å². The Balaban J connectivity index is 1.00. The maximum absolute atomic E-state index is 2.53. The van der Waals surface area contributed by atoms with Crippen molar-refractivity contribution < 1.29 is 0 Å². The second-order valence-electron chi connectivity index (χ2n) is 25.1. The first-order valence-corrected chi connectivity index (χ1v) is 30.7. The van der Waals surface area contributed by atoms with Gasteiger partial charge in [0.2, 0.25) is 0 Å². The SMILES string of the molecule is CC1(C)c2ccccc2-c2ccc(-c3ccccc3-c3c4ccc(N(C5=CC=CCC5)c5ccccc5)cc4c(-c4ccccc4C4=CC=C5c6ccccc6C(C)(C)C5C4)c4ccc(N(c5ccccc5)c5ccc6ccccc6c5)cc34)cc21. The zero-order chi connectivity index (χ0) is 57.7. The van der Waals surface area contributed by atoms with Crippen LogP contribution in [0.5, 0.6) is 0 Å². The van der Waals surface area contributed by atoms with Gasteiger partial charge in [0.1, 0.15) is 0 Å². The molecule has 12 aromatic rings. The smallest absolute Gasteiger partial charge is 0.0468 e. The van der Waals surface area contributed by atoms with E-state index in [1.54, 1.807) is 0 Å². The molecule has 0 bridgehead atoms. The van der Waals surface area contributed by atoms with E-state index in [9.17, 15) is 0 Å². The van der Waals surface area contributed by atoms with Crippen LogP contribution in [0.15, 0.2) is 291 Å². The van der Waals surface area contributed by atoms with Crippen LogP contribution in [0.4, 0.5) is 28.4 Å². The molecule has 0 heterocycles. The third-order valence-corrected chi connectivity index (χ3v) is 19.6. The average Bonchev–Trinajstić information content (AvgIpc) is 1.60. The van der Waals surface area contributed by atoms with Gasteiger partial charge in [-0.1, -0.05) is 240 Å². The molecule has 12 aromatic carbocycles. The van der Waals surface area contributed by atoms with Crippen LogP contribution in [0.1, 0.15) is 74.8 Å². The van der Waals surface area contributed by atoms with E-state index in [-0.39, 0.29) is 10.8 Å². The highest BCUT2D eigenvalue weighted by molar-refractivity contribution is 6.24. The Morgan fingerprint density at radius 3 is 1.58 bits per heavy atom. The summed E-state index contributed by atoms with van der Waals surface area (Å²) < 4.78 is 0. The first-order chi connectivity index (χ1) is 42.2. The zero-order valence-electron chi connectivity index (χ0n) is 49.2. The third kappa shape index (κ3) is 8.29. The summed E-state index contributed by atoms with van der Waals surface area (Å²) in [6.45, 7) is 9.70. The predicted octanol–water partition coefficient (Wildman–Crippen LogP) is 23.1. The summed E-state index contributed by atoms with van der Waals surface area (Å²) in [4.78, 5) is 4.95. The van der Waals surface area contributed by atoms with Gasteiger partial charge < -0.3 is 9.80 Å². The van der Waals surface area contributed by atoms with Crippen molar-refractivity contribution in [2.75, 3.05) is 9.80 Å². The van der Waals surface area contributed by atoms with E-state index in [0.717, 1.165) is 47.7 Å². The van der Waals surface area contributed by atoms with Crippen LogP contribution in [0.3, 0.4) is 0 Å². The Morgan fingerprint density at radius 2 is 0.895 bits per heavy atom. The largest absolute Gasteiger partial charge is 0.314 e. The topological polar surface area (TPSA) is 6.48 Å². The van der Waals surface area contributed by atoms with Crippen LogP contribution in [-0.2, 0) is 10.8 Å². The number of anilines is 5. The van der Waals surface area contributed by atoms with E-state index in [1.807, 2.05) is 0 Å². The lowest BCUT2D eigenvalue weighted by Gasteiger charge is -2.32. The first kappa shape index (κ1) is 51.6. The van der Waals surface area contributed by atoms with Gasteiger partial charge in [-0.15, -0.1) is 0 Å². The summed E-state index contributed by atoms with van der Waals surface area (Å²) in [6, 6.07) is 96.1. The minimum Gasteiger partial charge on any atom is -0.314 e. The van der Waals surface area contributed by atoms with Crippen molar-refractivity contribution in [2.24, 2.45) is 5.92 Å². The molecule has 2 nitrogen and oxygen atoms in total. The fourth-order valence-corrected chi connectivity index (χ4v) is 15.4. The number of nitrogens with zero attached hydrogens (tertiary/aromatic N) is 2. The Kier molecular flexibility index (Phi) is 12.2. The molecule has 1 unspecified atom stereocenters. The fraction of sp³-hybridized carbons (Fsp3) is 0.119. The molecule has 86 heavy (non-hydrogen) atoms. The van der Waals surface area contributed by atoms with Crippen LogP contribution >= 0.6 is 0 Å². The van der Waals surface area contributed by atoms with E-state index in [0.29, 0.717) is 5.92 Å². The molecular weight excluding hydrogens is 1040 g/mol. The summed E-state index contributed by atoms with van der Waals surface area (Å²) in [6.07, 6.45) is 14.6. The molecule has 0 saturated carbocycles. The Labute approximate surface area is 505 Å². The minimum atomic E-state index is -0.156. The molecule has 4 aliphatic rings. The zero-order valence-corrected chi connectivity index (χ0v) is 49.2. The van der Waals surface area contributed by atoms with Gasteiger partial charge in [0.25, 0.3) is 0 Å². The van der Waals surface area contributed by atoms with Gasteiger partial charge in [-0.2, -0.15) is 0 Å². The average molecular weight is 1100 g/mol. The van der Waals surface area contributed by atoms with Gasteiger partial charge in [-0.05, 0) is 219 Å². The van der Waals surface area contributed by atoms with E-state index >= 15 is 0 Å². The summed E-state index contributed by atoms with van der Waals surface area (Å²) in [5, 5.41) is 7.25. The van der Waals surface area contributed by atoms with Gasteiger partial charge >= 0.3 is 0 Å². The number of hydrogen-bond donors (Lipinski definition) is 0. The molecule has 412 valence electrons. The van der Waals surface area contributed by atoms with Crippen LogP contribution < -0.4 is 9.80 Å². The van der Waals surface area contributed by atoms with Crippen LogP contribution in [-0.4, -0.2) is 0 Å². The number of benzene rings is 12. The summed E-state index contributed by atoms with van der Waals surface area (Å²) in [5.41, 5.74) is 26.4. The highest BCUT2D eigenvalue weighted by Gasteiger charge is 2.44. The number of hydrogen-bond acceptors (Lipinski definition) is 2. The Bertz CT molecular complexity index is 4850. The number of rotatable bonds is 10. The molecule has 0 aliphatic heterocycles. The van der Waals surface area contributed by atoms with Crippen molar-refractivity contribution in [3.05, 3.63) is 319 Å². The molecule has 0 spiro atoms. The van der Waals surface area contributed by atoms with Crippen molar-refractivity contribution in [3.8, 4) is 44.5 Å². The number of fused-ring (bicyclic) bond motifs is 9. The molecule has 0 radical (unpaired) electrons. The third-order valence-electron chi connectivity index (χ3n) is 19.6. The fourth-order valence-electron chi connectivity index (χ4n) is 15.4. The monoisotopic (exact) mass is 1100 g/mol. The van der Waals surface area contributed by atoms with Crippen LogP contribution in [0.2, 0.25) is 0 Å². The van der Waals surface area contributed by atoms with E-state index in [4.69, 9.17) is 0 Å². The predicted molar refractivity (Wildman–Crippen MR) is 366 cm³/mol. The molecule has 0 N–H and O–H groups in total.